The number of aromatic carboxylic acids is 1. The maximum atomic E-state index is 13.5. The fraction of sp³-hybridized carbons (Fsp3) is 0. The number of benzene rings is 1. The molecule has 0 aliphatic rings. The van der Waals surface area contributed by atoms with Crippen LogP contribution in [-0.2, 0) is 10.0 Å². The molecule has 0 aliphatic carbocycles. The highest BCUT2D eigenvalue weighted by Crippen LogP contribution is 2.28. The Hall–Kier alpha value is -2.13. The van der Waals surface area contributed by atoms with E-state index in [9.17, 15) is 22.0 Å². The number of anilines is 1. The summed E-state index contributed by atoms with van der Waals surface area (Å²) in [6.45, 7) is 0. The Morgan fingerprint density at radius 3 is 2.48 bits per heavy atom. The first kappa shape index (κ1) is 15.3. The topological polar surface area (TPSA) is 99.3 Å². The van der Waals surface area contributed by atoms with E-state index in [0.29, 0.717) is 6.07 Å². The molecule has 0 unspecified atom stereocenters. The number of carbonyl (C=O) groups is 1. The predicted octanol–water partition coefficient (Wildman–Crippen LogP) is 2.45. The second-order valence-electron chi connectivity index (χ2n) is 3.90. The number of sulfonamides is 1. The molecule has 6 nitrogen and oxygen atoms in total. The lowest BCUT2D eigenvalue weighted by atomic mass is 10.3. The number of aromatic amines is 1. The van der Waals surface area contributed by atoms with Crippen molar-refractivity contribution in [3.05, 3.63) is 46.7 Å². The number of carboxylic acid groups (broad SMARTS) is 1. The highest BCUT2D eigenvalue weighted by Gasteiger charge is 2.21. The average Bonchev–Trinajstić information content (AvgIpc) is 2.84. The summed E-state index contributed by atoms with van der Waals surface area (Å²) in [6.07, 6.45) is 0.918. The number of hydrogen-bond acceptors (Lipinski definition) is 3. The molecule has 0 amide bonds. The lowest BCUT2D eigenvalue weighted by molar-refractivity contribution is 0.0691. The summed E-state index contributed by atoms with van der Waals surface area (Å²) in [4.78, 5) is 12.5. The van der Waals surface area contributed by atoms with Gasteiger partial charge < -0.3 is 10.1 Å². The van der Waals surface area contributed by atoms with Crippen LogP contribution < -0.4 is 4.72 Å². The first-order chi connectivity index (χ1) is 9.70. The third-order valence-corrected chi connectivity index (χ3v) is 4.07. The molecule has 2 rings (SSSR count). The van der Waals surface area contributed by atoms with E-state index < -0.39 is 43.2 Å². The van der Waals surface area contributed by atoms with Crippen LogP contribution in [0.2, 0.25) is 5.02 Å². The van der Waals surface area contributed by atoms with Crippen LogP contribution in [-0.4, -0.2) is 24.5 Å². The molecule has 0 fully saturated rings. The van der Waals surface area contributed by atoms with E-state index in [-0.39, 0.29) is 5.69 Å². The van der Waals surface area contributed by atoms with E-state index in [4.69, 9.17) is 16.7 Å². The largest absolute Gasteiger partial charge is 0.477 e. The maximum absolute atomic E-state index is 13.5. The molecule has 1 heterocycles. The summed E-state index contributed by atoms with van der Waals surface area (Å²) in [5.74, 6) is -3.52. The van der Waals surface area contributed by atoms with Crippen LogP contribution in [0.3, 0.4) is 0 Å². The number of halogens is 3. The number of H-pyrrole nitrogens is 1. The highest BCUT2D eigenvalue weighted by atomic mass is 35.5. The molecule has 3 N–H and O–H groups in total. The molecule has 10 heteroatoms. The molecular formula is C11H7ClF2N2O4S. The number of aromatic nitrogens is 1. The molecular weight excluding hydrogens is 330 g/mol. The van der Waals surface area contributed by atoms with Crippen molar-refractivity contribution in [1.29, 1.82) is 0 Å². The molecule has 0 bridgehead atoms. The maximum Gasteiger partial charge on any atom is 0.352 e. The van der Waals surface area contributed by atoms with Crippen LogP contribution in [0.4, 0.5) is 14.5 Å². The van der Waals surface area contributed by atoms with Crippen molar-refractivity contribution < 1.29 is 27.1 Å². The molecule has 1 aromatic heterocycles. The lowest BCUT2D eigenvalue weighted by Gasteiger charge is -2.09. The number of carboxylic acids is 1. The van der Waals surface area contributed by atoms with Gasteiger partial charge in [0.25, 0.3) is 10.0 Å². The summed E-state index contributed by atoms with van der Waals surface area (Å²) >= 11 is 5.58. The van der Waals surface area contributed by atoms with E-state index in [1.807, 2.05) is 4.72 Å². The third kappa shape index (κ3) is 3.14. The van der Waals surface area contributed by atoms with Gasteiger partial charge in [-0.25, -0.2) is 22.0 Å². The van der Waals surface area contributed by atoms with Gasteiger partial charge in [0.15, 0.2) is 5.82 Å². The molecule has 112 valence electrons. The minimum absolute atomic E-state index is 0.360. The third-order valence-electron chi connectivity index (χ3n) is 2.44. The van der Waals surface area contributed by atoms with Crippen molar-refractivity contribution in [2.75, 3.05) is 4.72 Å². The summed E-state index contributed by atoms with van der Waals surface area (Å²) in [6, 6.07) is 2.05. The highest BCUT2D eigenvalue weighted by molar-refractivity contribution is 7.92. The Balaban J connectivity index is 2.40. The summed E-state index contributed by atoms with van der Waals surface area (Å²) in [7, 11) is -4.28. The zero-order valence-electron chi connectivity index (χ0n) is 10.0. The van der Waals surface area contributed by atoms with Crippen LogP contribution in [0, 0.1) is 11.6 Å². The van der Waals surface area contributed by atoms with Crippen LogP contribution in [0.15, 0.2) is 29.3 Å². The molecule has 0 atom stereocenters. The molecule has 1 aromatic carbocycles. The van der Waals surface area contributed by atoms with Gasteiger partial charge in [0.2, 0.25) is 0 Å². The van der Waals surface area contributed by atoms with E-state index in [2.05, 4.69) is 4.98 Å². The van der Waals surface area contributed by atoms with E-state index in [0.717, 1.165) is 18.3 Å². The van der Waals surface area contributed by atoms with Gasteiger partial charge >= 0.3 is 5.97 Å². The van der Waals surface area contributed by atoms with Crippen LogP contribution in [0.5, 0.6) is 0 Å². The van der Waals surface area contributed by atoms with Crippen LogP contribution in [0.25, 0.3) is 0 Å². The lowest BCUT2D eigenvalue weighted by Crippen LogP contribution is -2.14. The Kier molecular flexibility index (Phi) is 3.88. The van der Waals surface area contributed by atoms with Crippen molar-refractivity contribution in [2.24, 2.45) is 0 Å². The van der Waals surface area contributed by atoms with E-state index >= 15 is 0 Å². The van der Waals surface area contributed by atoms with Gasteiger partial charge in [-0.15, -0.1) is 0 Å². The second kappa shape index (κ2) is 5.34. The fourth-order valence-corrected chi connectivity index (χ4v) is 2.86. The number of rotatable bonds is 4. The Morgan fingerprint density at radius 2 is 1.95 bits per heavy atom. The fourth-order valence-electron chi connectivity index (χ4n) is 1.49. The van der Waals surface area contributed by atoms with E-state index in [1.165, 1.54) is 0 Å². The van der Waals surface area contributed by atoms with Gasteiger partial charge in [-0.3, -0.25) is 4.72 Å². The zero-order valence-corrected chi connectivity index (χ0v) is 11.6. The van der Waals surface area contributed by atoms with Gasteiger partial charge in [0.05, 0.1) is 5.02 Å². The van der Waals surface area contributed by atoms with Gasteiger partial charge in [0, 0.05) is 12.3 Å². The Morgan fingerprint density at radius 1 is 1.29 bits per heavy atom. The molecule has 0 spiro atoms. The molecule has 0 radical (unpaired) electrons. The minimum Gasteiger partial charge on any atom is -0.477 e. The van der Waals surface area contributed by atoms with Crippen molar-refractivity contribution in [2.45, 2.75) is 4.90 Å². The summed E-state index contributed by atoms with van der Waals surface area (Å²) in [5, 5.41) is 8.24. The van der Waals surface area contributed by atoms with Gasteiger partial charge in [-0.05, 0) is 12.1 Å². The van der Waals surface area contributed by atoms with Gasteiger partial charge in [-0.1, -0.05) is 11.6 Å². The van der Waals surface area contributed by atoms with E-state index in [1.54, 1.807) is 0 Å². The molecule has 0 saturated heterocycles. The van der Waals surface area contributed by atoms with Crippen LogP contribution >= 0.6 is 11.6 Å². The zero-order chi connectivity index (χ0) is 15.8. The SMILES string of the molecule is O=C(O)c1cc(S(=O)(=O)Nc2c(F)cc(F)cc2Cl)c[nH]1. The van der Waals surface area contributed by atoms with Crippen molar-refractivity contribution in [3.63, 3.8) is 0 Å². The molecule has 2 aromatic rings. The second-order valence-corrected chi connectivity index (χ2v) is 5.99. The number of nitrogens with one attached hydrogen (secondary N) is 2. The average molecular weight is 337 g/mol. The van der Waals surface area contributed by atoms with Crippen molar-refractivity contribution in [1.82, 2.24) is 4.98 Å². The van der Waals surface area contributed by atoms with Gasteiger partial charge in [0.1, 0.15) is 22.1 Å². The van der Waals surface area contributed by atoms with Crippen molar-refractivity contribution in [3.8, 4) is 0 Å². The molecule has 0 aliphatic heterocycles. The van der Waals surface area contributed by atoms with Crippen molar-refractivity contribution >= 4 is 33.3 Å². The number of hydrogen-bond donors (Lipinski definition) is 3. The Bertz CT molecular complexity index is 796. The summed E-state index contributed by atoms with van der Waals surface area (Å²) in [5.41, 5.74) is -0.989. The quantitative estimate of drug-likeness (QED) is 0.798. The standard InChI is InChI=1S/C11H7ClF2N2O4S/c12-7-1-5(13)2-8(14)10(7)16-21(19,20)6-3-9(11(17)18)15-4-6/h1-4,15-16H,(H,17,18). The van der Waals surface area contributed by atoms with Gasteiger partial charge in [-0.2, -0.15) is 0 Å². The first-order valence-corrected chi connectivity index (χ1v) is 7.16. The Labute approximate surface area is 122 Å². The van der Waals surface area contributed by atoms with Crippen LogP contribution in [0.1, 0.15) is 10.5 Å². The minimum atomic E-state index is -4.28. The first-order valence-electron chi connectivity index (χ1n) is 5.30. The normalized spacial score (nSPS) is 11.4. The monoisotopic (exact) mass is 336 g/mol. The molecule has 21 heavy (non-hydrogen) atoms. The smallest absolute Gasteiger partial charge is 0.352 e. The predicted molar refractivity (Wildman–Crippen MR) is 69.9 cm³/mol. The molecule has 0 saturated carbocycles. The summed E-state index contributed by atoms with van der Waals surface area (Å²) < 4.78 is 52.2.